The molecule has 1 aromatic rings. The largest absolute Gasteiger partial charge is 0.466 e. The highest BCUT2D eigenvalue weighted by Crippen LogP contribution is 2.28. The molecule has 6 heteroatoms. The van der Waals surface area contributed by atoms with Crippen LogP contribution in [0.25, 0.3) is 6.08 Å². The van der Waals surface area contributed by atoms with Crippen molar-refractivity contribution in [1.82, 2.24) is 10.3 Å². The van der Waals surface area contributed by atoms with Crippen LogP contribution in [0.2, 0.25) is 0 Å². The van der Waals surface area contributed by atoms with Crippen LogP contribution in [0.4, 0.5) is 0 Å². The van der Waals surface area contributed by atoms with Gasteiger partial charge in [-0.3, -0.25) is 9.78 Å². The van der Waals surface area contributed by atoms with E-state index in [9.17, 15) is 9.59 Å². The van der Waals surface area contributed by atoms with Crippen molar-refractivity contribution in [1.29, 1.82) is 0 Å². The van der Waals surface area contributed by atoms with Gasteiger partial charge in [-0.2, -0.15) is 0 Å². The van der Waals surface area contributed by atoms with Crippen LogP contribution in [0.15, 0.2) is 24.4 Å². The zero-order valence-electron chi connectivity index (χ0n) is 15.2. The number of carbonyl (C=O) groups excluding carboxylic acids is 2. The molecule has 2 unspecified atom stereocenters. The third-order valence-electron chi connectivity index (χ3n) is 3.84. The summed E-state index contributed by atoms with van der Waals surface area (Å²) in [6, 6.07) is 3.77. The van der Waals surface area contributed by atoms with Crippen LogP contribution in [-0.2, 0) is 19.1 Å². The molecule has 0 amide bonds. The summed E-state index contributed by atoms with van der Waals surface area (Å²) in [6.45, 7) is 8.99. The van der Waals surface area contributed by atoms with E-state index < -0.39 is 11.6 Å². The quantitative estimate of drug-likeness (QED) is 0.651. The van der Waals surface area contributed by atoms with E-state index in [1.54, 1.807) is 12.3 Å². The second-order valence-corrected chi connectivity index (χ2v) is 7.01. The number of nitrogens with zero attached hydrogens (tertiary/aromatic N) is 1. The van der Waals surface area contributed by atoms with Gasteiger partial charge in [-0.25, -0.2) is 4.79 Å². The number of rotatable bonds is 5. The fraction of sp³-hybridized carbons (Fsp3) is 0.526. The first-order chi connectivity index (χ1) is 11.8. The number of hydrogen-bond acceptors (Lipinski definition) is 6. The predicted octanol–water partition coefficient (Wildman–Crippen LogP) is 2.30. The third kappa shape index (κ3) is 5.67. The minimum absolute atomic E-state index is 0.0513. The van der Waals surface area contributed by atoms with Gasteiger partial charge in [0.25, 0.3) is 0 Å². The molecule has 6 nitrogen and oxygen atoms in total. The number of nitrogens with one attached hydrogen (secondary N) is 1. The molecule has 0 aromatic carbocycles. The lowest BCUT2D eigenvalue weighted by atomic mass is 9.90. The maximum Gasteiger partial charge on any atom is 0.331 e. The first kappa shape index (κ1) is 19.1. The Kier molecular flexibility index (Phi) is 6.31. The van der Waals surface area contributed by atoms with Crippen LogP contribution >= 0.6 is 0 Å². The average Bonchev–Trinajstić information content (AvgIpc) is 3.02. The first-order valence-electron chi connectivity index (χ1n) is 8.54. The van der Waals surface area contributed by atoms with Gasteiger partial charge in [0.15, 0.2) is 0 Å². The lowest BCUT2D eigenvalue weighted by Gasteiger charge is -2.18. The minimum atomic E-state index is -0.518. The van der Waals surface area contributed by atoms with Gasteiger partial charge in [0, 0.05) is 31.3 Å². The van der Waals surface area contributed by atoms with Gasteiger partial charge in [-0.05, 0) is 45.4 Å². The number of esters is 2. The van der Waals surface area contributed by atoms with Crippen molar-refractivity contribution in [3.05, 3.63) is 35.7 Å². The molecule has 1 saturated heterocycles. The van der Waals surface area contributed by atoms with Gasteiger partial charge in [-0.15, -0.1) is 0 Å². The Bertz CT molecular complexity index is 632. The molecule has 1 N–H and O–H groups in total. The van der Waals surface area contributed by atoms with Crippen LogP contribution in [-0.4, -0.2) is 42.2 Å². The third-order valence-corrected chi connectivity index (χ3v) is 3.84. The number of ether oxygens (including phenoxy) is 2. The highest BCUT2D eigenvalue weighted by Gasteiger charge is 2.35. The Morgan fingerprint density at radius 3 is 2.68 bits per heavy atom. The molecule has 2 rings (SSSR count). The molecule has 0 spiro atoms. The van der Waals surface area contributed by atoms with Crippen molar-refractivity contribution in [3.8, 4) is 0 Å². The molecule has 136 valence electrons. The Hall–Kier alpha value is -2.21. The summed E-state index contributed by atoms with van der Waals surface area (Å²) in [5, 5.41) is 3.23. The van der Waals surface area contributed by atoms with E-state index in [-0.39, 0.29) is 17.8 Å². The number of hydrogen-bond donors (Lipinski definition) is 1. The van der Waals surface area contributed by atoms with E-state index in [1.165, 1.54) is 6.08 Å². The summed E-state index contributed by atoms with van der Waals surface area (Å²) in [5.74, 6) is -0.715. The number of pyridine rings is 1. The van der Waals surface area contributed by atoms with Gasteiger partial charge in [0.1, 0.15) is 5.60 Å². The summed E-state index contributed by atoms with van der Waals surface area (Å²) in [7, 11) is 0. The standard InChI is InChI=1S/C19H26N2O4/c1-5-24-18(23)16-12-20-11-15(16)13-6-7-14(21-10-13)8-9-17(22)25-19(2,3)4/h6-10,15-16,20H,5,11-12H2,1-4H3/b9-8+. The normalized spacial score (nSPS) is 20.6. The van der Waals surface area contributed by atoms with Crippen LogP contribution in [0, 0.1) is 5.92 Å². The summed E-state index contributed by atoms with van der Waals surface area (Å²) in [6.07, 6.45) is 4.73. The van der Waals surface area contributed by atoms with E-state index in [1.807, 2.05) is 39.8 Å². The maximum atomic E-state index is 12.0. The second kappa shape index (κ2) is 8.25. The molecule has 25 heavy (non-hydrogen) atoms. The Labute approximate surface area is 148 Å². The van der Waals surface area contributed by atoms with Gasteiger partial charge in [-0.1, -0.05) is 6.07 Å². The number of aromatic nitrogens is 1. The Morgan fingerprint density at radius 2 is 2.08 bits per heavy atom. The van der Waals surface area contributed by atoms with E-state index in [4.69, 9.17) is 9.47 Å². The SMILES string of the molecule is CCOC(=O)C1CNCC1c1ccc(/C=C/C(=O)OC(C)(C)C)nc1. The zero-order valence-corrected chi connectivity index (χ0v) is 15.2. The van der Waals surface area contributed by atoms with Crippen LogP contribution in [0.3, 0.4) is 0 Å². The minimum Gasteiger partial charge on any atom is -0.466 e. The van der Waals surface area contributed by atoms with E-state index >= 15 is 0 Å². The van der Waals surface area contributed by atoms with Gasteiger partial charge in [0.2, 0.25) is 0 Å². The maximum absolute atomic E-state index is 12.0. The molecule has 1 aromatic heterocycles. The molecule has 1 fully saturated rings. The van der Waals surface area contributed by atoms with Crippen molar-refractivity contribution in [3.63, 3.8) is 0 Å². The molecule has 0 bridgehead atoms. The fourth-order valence-corrected chi connectivity index (χ4v) is 2.75. The van der Waals surface area contributed by atoms with E-state index in [2.05, 4.69) is 10.3 Å². The molecule has 2 heterocycles. The van der Waals surface area contributed by atoms with Crippen molar-refractivity contribution in [2.75, 3.05) is 19.7 Å². The fourth-order valence-electron chi connectivity index (χ4n) is 2.75. The lowest BCUT2D eigenvalue weighted by molar-refractivity contribution is -0.149. The van der Waals surface area contributed by atoms with E-state index in [0.29, 0.717) is 18.8 Å². The van der Waals surface area contributed by atoms with Gasteiger partial charge >= 0.3 is 11.9 Å². The molecule has 1 aliphatic heterocycles. The van der Waals surface area contributed by atoms with Crippen LogP contribution < -0.4 is 5.32 Å². The molecular weight excluding hydrogens is 320 g/mol. The second-order valence-electron chi connectivity index (χ2n) is 7.01. The smallest absolute Gasteiger partial charge is 0.331 e. The molecule has 2 atom stereocenters. The van der Waals surface area contributed by atoms with Crippen molar-refractivity contribution >= 4 is 18.0 Å². The van der Waals surface area contributed by atoms with Gasteiger partial charge < -0.3 is 14.8 Å². The summed E-state index contributed by atoms with van der Waals surface area (Å²) in [4.78, 5) is 28.1. The van der Waals surface area contributed by atoms with Gasteiger partial charge in [0.05, 0.1) is 18.2 Å². The van der Waals surface area contributed by atoms with Crippen molar-refractivity contribution in [2.24, 2.45) is 5.92 Å². The predicted molar refractivity (Wildman–Crippen MR) is 94.8 cm³/mol. The lowest BCUT2D eigenvalue weighted by Crippen LogP contribution is -2.24. The molecule has 1 aliphatic rings. The zero-order chi connectivity index (χ0) is 18.4. The molecule has 0 radical (unpaired) electrons. The summed E-state index contributed by atoms with van der Waals surface area (Å²) in [5.41, 5.74) is 1.13. The molecule has 0 aliphatic carbocycles. The molecular formula is C19H26N2O4. The summed E-state index contributed by atoms with van der Waals surface area (Å²) < 4.78 is 10.4. The van der Waals surface area contributed by atoms with Crippen molar-refractivity contribution in [2.45, 2.75) is 39.2 Å². The number of carbonyl (C=O) groups is 2. The Balaban J connectivity index is 2.02. The van der Waals surface area contributed by atoms with E-state index in [0.717, 1.165) is 12.1 Å². The monoisotopic (exact) mass is 346 g/mol. The highest BCUT2D eigenvalue weighted by atomic mass is 16.6. The first-order valence-corrected chi connectivity index (χ1v) is 8.54. The van der Waals surface area contributed by atoms with Crippen molar-refractivity contribution < 1.29 is 19.1 Å². The topological polar surface area (TPSA) is 77.5 Å². The van der Waals surface area contributed by atoms with Crippen LogP contribution in [0.5, 0.6) is 0 Å². The highest BCUT2D eigenvalue weighted by molar-refractivity contribution is 5.87. The average molecular weight is 346 g/mol. The van der Waals surface area contributed by atoms with Crippen LogP contribution in [0.1, 0.15) is 44.9 Å². The molecule has 0 saturated carbocycles. The Morgan fingerprint density at radius 1 is 1.32 bits per heavy atom. The summed E-state index contributed by atoms with van der Waals surface area (Å²) >= 11 is 0.